The largest absolute Gasteiger partial charge is 0.510 e. The maximum Gasteiger partial charge on any atom is 0.155 e. The standard InChI is InChI=1S/C21H28O3.2C2H6.CH4O/c1-13(22)21(24)11-8-18-16-5-4-14-12-15(23)6-9-19(14,2)17(16)7-10-20(18,21)3;3*1-2/h7,12,16,18,22,24H,1,4-6,8-11H2,2-3H3;2*1-2H3;2H,1H3/t16?,18-,19?,20?,21-;;;/m0.../s1. The first-order chi connectivity index (χ1) is 14.2. The molecule has 30 heavy (non-hydrogen) atoms. The first kappa shape index (κ1) is 26.6. The summed E-state index contributed by atoms with van der Waals surface area (Å²) in [6.45, 7) is 16.1. The van der Waals surface area contributed by atoms with E-state index < -0.39 is 5.60 Å². The zero-order valence-electron chi connectivity index (χ0n) is 20.2. The molecule has 0 aliphatic heterocycles. The van der Waals surface area contributed by atoms with Crippen LogP contribution in [0.2, 0.25) is 0 Å². The molecule has 0 aromatic heterocycles. The summed E-state index contributed by atoms with van der Waals surface area (Å²) in [6, 6.07) is 0. The highest BCUT2D eigenvalue weighted by Crippen LogP contribution is 2.66. The summed E-state index contributed by atoms with van der Waals surface area (Å²) in [5, 5.41) is 28.2. The van der Waals surface area contributed by atoms with E-state index in [1.54, 1.807) is 0 Å². The Hall–Kier alpha value is -1.39. The van der Waals surface area contributed by atoms with Gasteiger partial charge < -0.3 is 15.3 Å². The lowest BCUT2D eigenvalue weighted by molar-refractivity contribution is -0.115. The average Bonchev–Trinajstić information content (AvgIpc) is 3.05. The molecular formula is C26H44O4. The maximum absolute atomic E-state index is 11.8. The third-order valence-corrected chi connectivity index (χ3v) is 7.97. The van der Waals surface area contributed by atoms with E-state index in [0.717, 1.165) is 39.2 Å². The molecule has 0 radical (unpaired) electrons. The van der Waals surface area contributed by atoms with Crippen molar-refractivity contribution >= 4 is 5.78 Å². The van der Waals surface area contributed by atoms with E-state index in [1.165, 1.54) is 11.1 Å². The smallest absolute Gasteiger partial charge is 0.155 e. The summed E-state index contributed by atoms with van der Waals surface area (Å²) in [5.41, 5.74) is 1.32. The lowest BCUT2D eigenvalue weighted by Crippen LogP contribution is -2.51. The van der Waals surface area contributed by atoms with Gasteiger partial charge in [0, 0.05) is 24.4 Å². The number of ketones is 1. The van der Waals surface area contributed by atoms with Gasteiger partial charge in [-0.25, -0.2) is 0 Å². The molecule has 0 saturated heterocycles. The fourth-order valence-corrected chi connectivity index (χ4v) is 6.34. The highest BCUT2D eigenvalue weighted by molar-refractivity contribution is 5.92. The zero-order chi connectivity index (χ0) is 23.3. The molecule has 5 atom stereocenters. The molecule has 4 aliphatic carbocycles. The minimum atomic E-state index is -1.17. The minimum absolute atomic E-state index is 0.0229. The number of rotatable bonds is 1. The third-order valence-electron chi connectivity index (χ3n) is 7.97. The van der Waals surface area contributed by atoms with Crippen molar-refractivity contribution in [2.45, 2.75) is 92.1 Å². The topological polar surface area (TPSA) is 77.8 Å². The van der Waals surface area contributed by atoms with Gasteiger partial charge in [0.05, 0.1) is 0 Å². The molecule has 0 heterocycles. The molecule has 172 valence electrons. The number of aliphatic hydroxyl groups excluding tert-OH is 2. The van der Waals surface area contributed by atoms with Crippen LogP contribution in [0.4, 0.5) is 0 Å². The fourth-order valence-electron chi connectivity index (χ4n) is 6.34. The molecule has 0 aromatic carbocycles. The Morgan fingerprint density at radius 1 is 1.07 bits per heavy atom. The van der Waals surface area contributed by atoms with Gasteiger partial charge in [0.2, 0.25) is 0 Å². The maximum atomic E-state index is 11.8. The third kappa shape index (κ3) is 3.93. The lowest BCUT2D eigenvalue weighted by atomic mass is 9.50. The van der Waals surface area contributed by atoms with Crippen molar-refractivity contribution in [2.24, 2.45) is 22.7 Å². The van der Waals surface area contributed by atoms with Gasteiger partial charge in [-0.05, 0) is 56.4 Å². The predicted octanol–water partition coefficient (Wildman–Crippen LogP) is 5.90. The van der Waals surface area contributed by atoms with Gasteiger partial charge in [0.1, 0.15) is 11.4 Å². The molecule has 2 saturated carbocycles. The van der Waals surface area contributed by atoms with Crippen molar-refractivity contribution in [1.82, 2.24) is 0 Å². The summed E-state index contributed by atoms with van der Waals surface area (Å²) in [5.74, 6) is 1.03. The minimum Gasteiger partial charge on any atom is -0.510 e. The summed E-state index contributed by atoms with van der Waals surface area (Å²) >= 11 is 0. The molecular weight excluding hydrogens is 376 g/mol. The summed E-state index contributed by atoms with van der Waals surface area (Å²) in [4.78, 5) is 11.8. The Bertz CT molecular complexity index is 691. The van der Waals surface area contributed by atoms with Crippen LogP contribution in [0, 0.1) is 22.7 Å². The molecule has 0 bridgehead atoms. The molecule has 0 aromatic rings. The average molecular weight is 421 g/mol. The van der Waals surface area contributed by atoms with Crippen molar-refractivity contribution < 1.29 is 20.1 Å². The Labute approximate surface area is 183 Å². The lowest BCUT2D eigenvalue weighted by Gasteiger charge is -2.54. The van der Waals surface area contributed by atoms with Crippen LogP contribution >= 0.6 is 0 Å². The first-order valence-electron chi connectivity index (χ1n) is 11.7. The van der Waals surface area contributed by atoms with Crippen LogP contribution in [0.1, 0.15) is 86.5 Å². The van der Waals surface area contributed by atoms with Crippen LogP contribution < -0.4 is 0 Å². The predicted molar refractivity (Wildman–Crippen MR) is 124 cm³/mol. The quantitative estimate of drug-likeness (QED) is 0.364. The van der Waals surface area contributed by atoms with E-state index in [0.29, 0.717) is 24.7 Å². The number of carbonyl (C=O) groups is 1. The Kier molecular flexibility index (Phi) is 9.13. The summed E-state index contributed by atoms with van der Waals surface area (Å²) < 4.78 is 0. The van der Waals surface area contributed by atoms with E-state index in [1.807, 2.05) is 33.8 Å². The Balaban J connectivity index is 0.000000691. The molecule has 4 nitrogen and oxygen atoms in total. The van der Waals surface area contributed by atoms with Gasteiger partial charge in [-0.1, -0.05) is 65.3 Å². The van der Waals surface area contributed by atoms with Crippen LogP contribution in [0.3, 0.4) is 0 Å². The van der Waals surface area contributed by atoms with Crippen LogP contribution in [0.25, 0.3) is 0 Å². The second-order valence-electron chi connectivity index (χ2n) is 8.85. The molecule has 4 rings (SSSR count). The van der Waals surface area contributed by atoms with Gasteiger partial charge in [-0.2, -0.15) is 0 Å². The Morgan fingerprint density at radius 3 is 2.23 bits per heavy atom. The van der Waals surface area contributed by atoms with Gasteiger partial charge in [-0.3, -0.25) is 4.79 Å². The molecule has 4 heteroatoms. The molecule has 0 spiro atoms. The molecule has 3 unspecified atom stereocenters. The monoisotopic (exact) mass is 420 g/mol. The van der Waals surface area contributed by atoms with E-state index in [2.05, 4.69) is 26.5 Å². The number of hydrogen-bond acceptors (Lipinski definition) is 4. The van der Waals surface area contributed by atoms with Crippen LogP contribution in [-0.2, 0) is 4.79 Å². The van der Waals surface area contributed by atoms with Gasteiger partial charge in [0.25, 0.3) is 0 Å². The highest BCUT2D eigenvalue weighted by atomic mass is 16.3. The molecule has 4 aliphatic rings. The van der Waals surface area contributed by atoms with Crippen LogP contribution in [0.5, 0.6) is 0 Å². The Morgan fingerprint density at radius 2 is 1.67 bits per heavy atom. The second-order valence-corrected chi connectivity index (χ2v) is 8.85. The summed E-state index contributed by atoms with van der Waals surface area (Å²) in [6.07, 6.45) is 10.1. The number of carbonyl (C=O) groups excluding carboxylic acids is 1. The van der Waals surface area contributed by atoms with E-state index >= 15 is 0 Å². The van der Waals surface area contributed by atoms with Crippen LogP contribution in [0.15, 0.2) is 35.6 Å². The number of fused-ring (bicyclic) bond motifs is 5. The van der Waals surface area contributed by atoms with E-state index in [9.17, 15) is 15.0 Å². The van der Waals surface area contributed by atoms with E-state index in [4.69, 9.17) is 5.11 Å². The zero-order valence-corrected chi connectivity index (χ0v) is 20.2. The number of aliphatic hydroxyl groups is 3. The first-order valence-corrected chi connectivity index (χ1v) is 11.7. The summed E-state index contributed by atoms with van der Waals surface area (Å²) in [7, 11) is 1.00. The van der Waals surface area contributed by atoms with E-state index in [-0.39, 0.29) is 22.4 Å². The van der Waals surface area contributed by atoms with Crippen LogP contribution in [-0.4, -0.2) is 33.8 Å². The van der Waals surface area contributed by atoms with Gasteiger partial charge >= 0.3 is 0 Å². The van der Waals surface area contributed by atoms with Gasteiger partial charge in [0.15, 0.2) is 5.78 Å². The SMILES string of the molecule is C=C(O)[C@@]1(O)CC[C@H]2C3CCC4=CC(=O)CCC4(C)C3=CCC21C.CC.CC.CO. The van der Waals surface area contributed by atoms with Crippen molar-refractivity contribution in [3.63, 3.8) is 0 Å². The second kappa shape index (κ2) is 10.3. The van der Waals surface area contributed by atoms with Crippen molar-refractivity contribution in [1.29, 1.82) is 0 Å². The number of hydrogen-bond donors (Lipinski definition) is 3. The number of allylic oxidation sites excluding steroid dienone is 4. The normalized spacial score (nSPS) is 38.4. The molecule has 2 fully saturated rings. The van der Waals surface area contributed by atoms with Crippen molar-refractivity contribution in [2.75, 3.05) is 7.11 Å². The molecule has 3 N–H and O–H groups in total. The highest BCUT2D eigenvalue weighted by Gasteiger charge is 2.63. The fraction of sp³-hybridized carbons (Fsp3) is 0.731. The van der Waals surface area contributed by atoms with Crippen molar-refractivity contribution in [3.8, 4) is 0 Å². The van der Waals surface area contributed by atoms with Gasteiger partial charge in [-0.15, -0.1) is 0 Å². The molecule has 0 amide bonds. The van der Waals surface area contributed by atoms with Crippen molar-refractivity contribution in [3.05, 3.63) is 35.6 Å².